The van der Waals surface area contributed by atoms with E-state index in [0.29, 0.717) is 127 Å². The van der Waals surface area contributed by atoms with Gasteiger partial charge in [-0.2, -0.15) is 0 Å². The maximum absolute atomic E-state index is 2.41. The molecule has 0 aromatic rings. The number of hydrogen-bond donors (Lipinski definition) is 0. The Hall–Kier alpha value is 4.38. The van der Waals surface area contributed by atoms with Crippen LogP contribution in [0.4, 0.5) is 0 Å². The molecule has 10 unspecified atom stereocenters. The van der Waals surface area contributed by atoms with Crippen LogP contribution in [-0.4, -0.2) is 50.6 Å². The zero-order valence-corrected chi connectivity index (χ0v) is 56.7. The van der Waals surface area contributed by atoms with Crippen molar-refractivity contribution in [2.75, 3.05) is 27.1 Å². The Morgan fingerprint density at radius 2 is 0.253 bits per heavy atom. The topological polar surface area (TPSA) is 0 Å². The van der Waals surface area contributed by atoms with E-state index in [0.717, 1.165) is 59.1 Å². The molecule has 0 nitrogen and oxygen atoms in total. The van der Waals surface area contributed by atoms with E-state index in [1.807, 2.05) is 0 Å². The fourth-order valence-corrected chi connectivity index (χ4v) is 23.8. The van der Waals surface area contributed by atoms with Gasteiger partial charge in [-0.25, -0.2) is 0 Å². The van der Waals surface area contributed by atoms with Crippen molar-refractivity contribution >= 4 is 0 Å². The van der Waals surface area contributed by atoms with Gasteiger partial charge in [0, 0.05) is 0 Å². The molecule has 10 atom stereocenters. The van der Waals surface area contributed by atoms with Gasteiger partial charge in [0.2, 0.25) is 0 Å². The Labute approximate surface area is 740 Å². The molecule has 0 aliphatic rings. The second-order valence-corrected chi connectivity index (χ2v) is 38.8. The van der Waals surface area contributed by atoms with E-state index in [4.69, 9.17) is 0 Å². The van der Waals surface area contributed by atoms with Crippen molar-refractivity contribution in [3.8, 4) is 0 Å². The van der Waals surface area contributed by atoms with Gasteiger partial charge in [-0.1, -0.05) is 312 Å². The van der Waals surface area contributed by atoms with E-state index in [-0.39, 0.29) is 312 Å². The molecule has 0 aromatic heterocycles. The molecule has 0 aromatic carbocycles. The SMILES string of the molecule is C.C.C.C.C.C.C.C.C.C.C.C.C.C.C.C.C.C.C.C.C.C.C.C.C.C.C.C.C.C.C.C.C.C.C.C.C.C.C.C.C.C.CCC(C)C(CC)[I-]C.CC[I-]C(CC)C(C)C.CC[I-]C(CC)C(C)C.CC[I-]C(CC)C(C)CC.CC[I-]C(CC)C(C)CC.CC[I-]C(CC)C(C)CC. The third-order valence-electron chi connectivity index (χ3n) is 10.9. The first-order valence-corrected chi connectivity index (χ1v) is 41.6. The summed E-state index contributed by atoms with van der Waals surface area (Å²) in [5, 5.41) is 0. The Bertz CT molecular complexity index is 620. The molecule has 0 heterocycles. The van der Waals surface area contributed by atoms with Crippen molar-refractivity contribution in [1.29, 1.82) is 0 Å². The molecule has 0 amide bonds. The quantitative estimate of drug-likeness (QED) is 0.0568. The second-order valence-electron chi connectivity index (χ2n) is 15.9. The molecule has 0 fully saturated rings. The Balaban J connectivity index is -0.00000000632. The van der Waals surface area contributed by atoms with Crippen molar-refractivity contribution in [2.45, 2.75) is 559 Å². The van der Waals surface area contributed by atoms with Crippen LogP contribution >= 0.6 is 0 Å². The summed E-state index contributed by atoms with van der Waals surface area (Å²) in [5.74, 6) is 5.80. The Morgan fingerprint density at radius 3 is 0.303 bits per heavy atom. The van der Waals surface area contributed by atoms with Crippen LogP contribution in [0.25, 0.3) is 0 Å². The van der Waals surface area contributed by atoms with Gasteiger partial charge in [-0.05, 0) is 0 Å². The van der Waals surface area contributed by atoms with Gasteiger partial charge < -0.3 is 0 Å². The summed E-state index contributed by atoms with van der Waals surface area (Å²) >= 11 is 3.08. The minimum atomic E-state index is 0. The number of alkyl halides is 12. The average Bonchev–Trinajstić information content (AvgIpc) is 3.22. The van der Waals surface area contributed by atoms with E-state index in [1.54, 1.807) is 0 Å². The third kappa shape index (κ3) is 241. The fraction of sp³-hybridized carbons (Fsp3) is 1.00. The Kier molecular flexibility index (Phi) is 997. The molecule has 99 heavy (non-hydrogen) atoms. The van der Waals surface area contributed by atoms with Crippen LogP contribution in [0.3, 0.4) is 0 Å². The predicted octanol–water partition coefficient (Wildman–Crippen LogP) is 25.1. The standard InChI is InChI=1S/3C9H20I.3C8H18I.42CH4/c3*1-5-8(4)9(6-2)10-7-3;1-5-7(3)8(6-2)9-4;2*1-5-8(7(3)4)9-6-2;;;;;;;;;;;;;;;;;;;;;;;;;;;;;;;;;;;;;;;;;;/h3*8-9H,5-7H2,1-4H3;3*7-8H,5-6H2,1-4H3;42*1H4/q6*-1;;;;;;;;;;;;;;;;;;;;;;;;;;;;;;;;;;;;;;;;;;. The van der Waals surface area contributed by atoms with E-state index < -0.39 is 0 Å². The molecule has 0 N–H and O–H groups in total. The second kappa shape index (κ2) is 279. The van der Waals surface area contributed by atoms with E-state index >= 15 is 0 Å². The molecule has 0 aliphatic heterocycles. The number of halogens is 6. The van der Waals surface area contributed by atoms with Crippen LogP contribution in [0.2, 0.25) is 0 Å². The molecule has 702 valence electrons. The van der Waals surface area contributed by atoms with E-state index in [1.165, 1.54) is 86.3 Å². The molecular formula is C93H282I6-6. The normalized spacial score (nSPS) is 9.52. The van der Waals surface area contributed by atoms with Crippen LogP contribution in [-0.2, 0) is 0 Å². The maximum atomic E-state index is 2.41. The minimum absolute atomic E-state index is 0. The molecule has 0 rings (SSSR count). The number of rotatable bonds is 27. The van der Waals surface area contributed by atoms with Gasteiger partial charge >= 0.3 is 437 Å². The van der Waals surface area contributed by atoms with Crippen molar-refractivity contribution in [3.05, 3.63) is 0 Å². The molecule has 0 bridgehead atoms. The van der Waals surface area contributed by atoms with Crippen LogP contribution < -0.4 is 127 Å². The van der Waals surface area contributed by atoms with Gasteiger partial charge in [0.15, 0.2) is 0 Å². The van der Waals surface area contributed by atoms with Crippen LogP contribution in [0.1, 0.15) is 535 Å². The van der Waals surface area contributed by atoms with Gasteiger partial charge in [-0.15, -0.1) is 0 Å². The van der Waals surface area contributed by atoms with Crippen LogP contribution in [0.5, 0.6) is 0 Å². The van der Waals surface area contributed by atoms with Crippen molar-refractivity contribution in [1.82, 2.24) is 0 Å². The average molecular weight is 2160 g/mol. The van der Waals surface area contributed by atoms with Crippen LogP contribution in [0, 0.1) is 35.5 Å². The van der Waals surface area contributed by atoms with Crippen LogP contribution in [0.15, 0.2) is 0 Å². The van der Waals surface area contributed by atoms with Crippen molar-refractivity contribution < 1.29 is 127 Å². The molecule has 6 heteroatoms. The zero-order chi connectivity index (χ0) is 45.8. The first-order chi connectivity index (χ1) is 27.0. The Morgan fingerprint density at radius 1 is 0.152 bits per heavy atom. The van der Waals surface area contributed by atoms with E-state index in [2.05, 4.69) is 164 Å². The van der Waals surface area contributed by atoms with Gasteiger partial charge in [-0.3, -0.25) is 0 Å². The van der Waals surface area contributed by atoms with Gasteiger partial charge in [0.05, 0.1) is 0 Å². The third-order valence-corrected chi connectivity index (χ3v) is 35.6. The fourth-order valence-electron chi connectivity index (χ4n) is 6.29. The first-order valence-electron chi connectivity index (χ1n) is 24.3. The summed E-state index contributed by atoms with van der Waals surface area (Å²) in [4.78, 5) is 2.40. The van der Waals surface area contributed by atoms with E-state index in [9.17, 15) is 0 Å². The molecule has 0 radical (unpaired) electrons. The first kappa shape index (κ1) is 353. The summed E-state index contributed by atoms with van der Waals surface area (Å²) in [5.41, 5.74) is 0. The van der Waals surface area contributed by atoms with Crippen molar-refractivity contribution in [3.63, 3.8) is 0 Å². The van der Waals surface area contributed by atoms with Gasteiger partial charge in [0.25, 0.3) is 0 Å². The molecule has 0 spiro atoms. The molecule has 0 aliphatic carbocycles. The summed E-state index contributed by atoms with van der Waals surface area (Å²) < 4.78 is 13.8. The summed E-state index contributed by atoms with van der Waals surface area (Å²) in [6.45, 7) is 53.9. The monoisotopic (exact) mass is 2160 g/mol. The molecular weight excluding hydrogens is 1880 g/mol. The number of hydrogen-bond acceptors (Lipinski definition) is 0. The summed E-state index contributed by atoms with van der Waals surface area (Å²) in [6.07, 6.45) is 13.9. The summed E-state index contributed by atoms with van der Waals surface area (Å²) in [7, 11) is 0. The van der Waals surface area contributed by atoms with Gasteiger partial charge in [0.1, 0.15) is 0 Å². The predicted molar refractivity (Wildman–Crippen MR) is 533 cm³/mol. The molecule has 0 saturated heterocycles. The summed E-state index contributed by atoms with van der Waals surface area (Å²) in [6, 6.07) is 0. The molecule has 0 saturated carbocycles. The van der Waals surface area contributed by atoms with Crippen molar-refractivity contribution in [2.24, 2.45) is 35.5 Å². The zero-order valence-electron chi connectivity index (χ0n) is 43.8.